The molecule has 1 atom stereocenters. The van der Waals surface area contributed by atoms with Gasteiger partial charge >= 0.3 is 0 Å². The monoisotopic (exact) mass is 254 g/mol. The predicted octanol–water partition coefficient (Wildman–Crippen LogP) is 3.19. The minimum absolute atomic E-state index is 0.309. The van der Waals surface area contributed by atoms with Gasteiger partial charge in [-0.1, -0.05) is 31.9 Å². The van der Waals surface area contributed by atoms with E-state index in [-0.39, 0.29) is 5.91 Å². The average molecular weight is 255 g/mol. The van der Waals surface area contributed by atoms with Crippen LogP contribution in [0.3, 0.4) is 0 Å². The molecule has 0 saturated heterocycles. The maximum atomic E-state index is 11.6. The molecule has 0 bridgehead atoms. The molecule has 0 aliphatic heterocycles. The van der Waals surface area contributed by atoms with Gasteiger partial charge < -0.3 is 11.1 Å². The zero-order valence-electron chi connectivity index (χ0n) is 10.3. The quantitative estimate of drug-likeness (QED) is 0.819. The van der Waals surface area contributed by atoms with E-state index in [4.69, 9.17) is 17.3 Å². The summed E-state index contributed by atoms with van der Waals surface area (Å²) >= 11 is 5.82. The van der Waals surface area contributed by atoms with Crippen LogP contribution in [0.4, 0.5) is 5.69 Å². The fourth-order valence-corrected chi connectivity index (χ4v) is 2.05. The highest BCUT2D eigenvalue weighted by Gasteiger charge is 2.33. The zero-order valence-corrected chi connectivity index (χ0v) is 11.1. The predicted molar refractivity (Wildman–Crippen MR) is 72.2 cm³/mol. The number of benzene rings is 1. The molecule has 3 nitrogen and oxygen atoms in total. The van der Waals surface area contributed by atoms with Crippen LogP contribution in [0, 0.1) is 0 Å². The Labute approximate surface area is 107 Å². The minimum atomic E-state index is -0.664. The van der Waals surface area contributed by atoms with Crippen molar-refractivity contribution in [2.75, 3.05) is 5.32 Å². The zero-order chi connectivity index (χ0) is 12.9. The third kappa shape index (κ3) is 3.37. The summed E-state index contributed by atoms with van der Waals surface area (Å²) in [6, 6.07) is 7.28. The highest BCUT2D eigenvalue weighted by molar-refractivity contribution is 6.30. The molecule has 0 saturated carbocycles. The first-order valence-corrected chi connectivity index (χ1v) is 6.25. The molecule has 0 radical (unpaired) electrons. The Morgan fingerprint density at radius 1 is 1.35 bits per heavy atom. The topological polar surface area (TPSA) is 55.1 Å². The van der Waals surface area contributed by atoms with Gasteiger partial charge in [-0.15, -0.1) is 0 Å². The summed E-state index contributed by atoms with van der Waals surface area (Å²) in [6.45, 7) is 4.00. The number of nitrogens with two attached hydrogens (primary N) is 1. The largest absolute Gasteiger partial charge is 0.371 e. The summed E-state index contributed by atoms with van der Waals surface area (Å²) in [5.41, 5.74) is 5.72. The number of primary amides is 1. The van der Waals surface area contributed by atoms with Crippen molar-refractivity contribution in [2.45, 2.75) is 38.6 Å². The Hall–Kier alpha value is -1.22. The lowest BCUT2D eigenvalue weighted by atomic mass is 9.89. The molecule has 1 aromatic carbocycles. The maximum Gasteiger partial charge on any atom is 0.243 e. The van der Waals surface area contributed by atoms with E-state index in [0.29, 0.717) is 11.4 Å². The number of halogens is 1. The molecule has 1 amide bonds. The van der Waals surface area contributed by atoms with Gasteiger partial charge in [0, 0.05) is 10.7 Å². The van der Waals surface area contributed by atoms with Crippen LogP contribution < -0.4 is 11.1 Å². The smallest absolute Gasteiger partial charge is 0.243 e. The van der Waals surface area contributed by atoms with Gasteiger partial charge in [-0.2, -0.15) is 0 Å². The first-order chi connectivity index (χ1) is 8.04. The third-order valence-corrected chi connectivity index (χ3v) is 3.23. The van der Waals surface area contributed by atoms with Gasteiger partial charge in [0.05, 0.1) is 0 Å². The molecule has 1 aromatic rings. The van der Waals surface area contributed by atoms with Crippen LogP contribution in [0.1, 0.15) is 33.1 Å². The molecule has 1 unspecified atom stereocenters. The second-order valence-corrected chi connectivity index (χ2v) is 4.62. The van der Waals surface area contributed by atoms with Gasteiger partial charge in [0.15, 0.2) is 0 Å². The molecule has 1 rings (SSSR count). The Kier molecular flexibility index (Phi) is 4.82. The molecule has 17 heavy (non-hydrogen) atoms. The Morgan fingerprint density at radius 3 is 2.35 bits per heavy atom. The van der Waals surface area contributed by atoms with E-state index < -0.39 is 5.54 Å². The van der Waals surface area contributed by atoms with Crippen molar-refractivity contribution >= 4 is 23.2 Å². The number of carbonyl (C=O) groups is 1. The van der Waals surface area contributed by atoms with E-state index in [1.165, 1.54) is 0 Å². The number of anilines is 1. The van der Waals surface area contributed by atoms with E-state index in [1.54, 1.807) is 12.1 Å². The third-order valence-electron chi connectivity index (χ3n) is 2.98. The van der Waals surface area contributed by atoms with Gasteiger partial charge in [-0.05, 0) is 37.1 Å². The molecule has 3 N–H and O–H groups in total. The molecular formula is C13H19ClN2O. The number of hydrogen-bond acceptors (Lipinski definition) is 2. The first-order valence-electron chi connectivity index (χ1n) is 5.87. The highest BCUT2D eigenvalue weighted by Crippen LogP contribution is 2.24. The normalized spacial score (nSPS) is 14.1. The Bertz CT molecular complexity index is 378. The molecule has 0 aliphatic rings. The lowest BCUT2D eigenvalue weighted by molar-refractivity contribution is -0.122. The van der Waals surface area contributed by atoms with Crippen molar-refractivity contribution in [3.63, 3.8) is 0 Å². The van der Waals surface area contributed by atoms with E-state index >= 15 is 0 Å². The maximum absolute atomic E-state index is 11.6. The lowest BCUT2D eigenvalue weighted by Gasteiger charge is -2.31. The SMILES string of the molecule is CCCC(CC)(Nc1ccc(Cl)cc1)C(N)=O. The van der Waals surface area contributed by atoms with Crippen LogP contribution >= 0.6 is 11.6 Å². The van der Waals surface area contributed by atoms with Crippen molar-refractivity contribution < 1.29 is 4.79 Å². The summed E-state index contributed by atoms with van der Waals surface area (Å²) in [5.74, 6) is -0.309. The fraction of sp³-hybridized carbons (Fsp3) is 0.462. The Morgan fingerprint density at radius 2 is 1.94 bits per heavy atom. The van der Waals surface area contributed by atoms with Crippen LogP contribution in [0.15, 0.2) is 24.3 Å². The molecule has 0 spiro atoms. The van der Waals surface area contributed by atoms with Crippen molar-refractivity contribution in [3.05, 3.63) is 29.3 Å². The average Bonchev–Trinajstić information content (AvgIpc) is 2.31. The van der Waals surface area contributed by atoms with Crippen molar-refractivity contribution in [1.82, 2.24) is 0 Å². The summed E-state index contributed by atoms with van der Waals surface area (Å²) in [7, 11) is 0. The molecule has 0 fully saturated rings. The van der Waals surface area contributed by atoms with Gasteiger partial charge in [0.2, 0.25) is 5.91 Å². The first kappa shape index (κ1) is 13.8. The van der Waals surface area contributed by atoms with E-state index in [2.05, 4.69) is 5.32 Å². The number of nitrogens with one attached hydrogen (secondary N) is 1. The van der Waals surface area contributed by atoms with E-state index in [0.717, 1.165) is 18.5 Å². The summed E-state index contributed by atoms with van der Waals surface area (Å²) in [4.78, 5) is 11.6. The molecule has 4 heteroatoms. The molecule has 0 aliphatic carbocycles. The molecular weight excluding hydrogens is 236 g/mol. The van der Waals surface area contributed by atoms with Crippen molar-refractivity contribution in [3.8, 4) is 0 Å². The van der Waals surface area contributed by atoms with Gasteiger partial charge in [0.25, 0.3) is 0 Å². The van der Waals surface area contributed by atoms with Crippen LogP contribution in [0.25, 0.3) is 0 Å². The number of rotatable bonds is 6. The fourth-order valence-electron chi connectivity index (χ4n) is 1.92. The summed E-state index contributed by atoms with van der Waals surface area (Å²) in [5, 5.41) is 3.91. The number of amides is 1. The van der Waals surface area contributed by atoms with Gasteiger partial charge in [0.1, 0.15) is 5.54 Å². The van der Waals surface area contributed by atoms with Gasteiger partial charge in [-0.3, -0.25) is 4.79 Å². The second-order valence-electron chi connectivity index (χ2n) is 4.18. The molecule has 0 aromatic heterocycles. The van der Waals surface area contributed by atoms with Crippen LogP contribution in [0.2, 0.25) is 5.02 Å². The van der Waals surface area contributed by atoms with Crippen LogP contribution in [0.5, 0.6) is 0 Å². The van der Waals surface area contributed by atoms with Crippen LogP contribution in [-0.2, 0) is 4.79 Å². The van der Waals surface area contributed by atoms with E-state index in [1.807, 2.05) is 26.0 Å². The highest BCUT2D eigenvalue weighted by atomic mass is 35.5. The van der Waals surface area contributed by atoms with E-state index in [9.17, 15) is 4.79 Å². The number of hydrogen-bond donors (Lipinski definition) is 2. The minimum Gasteiger partial charge on any atom is -0.371 e. The Balaban J connectivity index is 2.92. The second kappa shape index (κ2) is 5.92. The lowest BCUT2D eigenvalue weighted by Crippen LogP contribution is -2.50. The van der Waals surface area contributed by atoms with Gasteiger partial charge in [-0.25, -0.2) is 0 Å². The number of carbonyl (C=O) groups excluding carboxylic acids is 1. The van der Waals surface area contributed by atoms with Crippen molar-refractivity contribution in [1.29, 1.82) is 0 Å². The summed E-state index contributed by atoms with van der Waals surface area (Å²) < 4.78 is 0. The standard InChI is InChI=1S/C13H19ClN2O/c1-3-9-13(4-2,12(15)17)16-11-7-5-10(14)6-8-11/h5-8,16H,3-4,9H2,1-2H3,(H2,15,17). The summed E-state index contributed by atoms with van der Waals surface area (Å²) in [6.07, 6.45) is 2.29. The molecule has 0 heterocycles. The van der Waals surface area contributed by atoms with Crippen molar-refractivity contribution in [2.24, 2.45) is 5.73 Å². The van der Waals surface area contributed by atoms with Crippen LogP contribution in [-0.4, -0.2) is 11.4 Å². The molecule has 94 valence electrons.